The lowest BCUT2D eigenvalue weighted by molar-refractivity contribution is 0.183. The minimum Gasteiger partial charge on any atom is -0.381 e. The second-order valence-corrected chi connectivity index (χ2v) is 5.58. The van der Waals surface area contributed by atoms with Crippen LogP contribution in [0.3, 0.4) is 0 Å². The van der Waals surface area contributed by atoms with E-state index in [1.54, 1.807) is 10.9 Å². The van der Waals surface area contributed by atoms with E-state index in [1.165, 1.54) is 0 Å². The highest BCUT2D eigenvalue weighted by Gasteiger charge is 2.15. The molecule has 0 N–H and O–H groups in total. The van der Waals surface area contributed by atoms with E-state index in [0.29, 0.717) is 5.92 Å². The number of rotatable bonds is 4. The molecule has 0 amide bonds. The van der Waals surface area contributed by atoms with Crippen molar-refractivity contribution in [1.82, 2.24) is 9.55 Å². The molecule has 1 aliphatic heterocycles. The minimum absolute atomic E-state index is 0.0794. The normalized spacial score (nSPS) is 18.8. The maximum Gasteiger partial charge on any atom is 0.261 e. The van der Waals surface area contributed by atoms with Gasteiger partial charge in [-0.15, -0.1) is 0 Å². The zero-order chi connectivity index (χ0) is 13.9. The number of aromatic nitrogens is 2. The molecule has 2 aromatic rings. The second kappa shape index (κ2) is 5.75. The first kappa shape index (κ1) is 13.3. The molecule has 3 rings (SSSR count). The monoisotopic (exact) mass is 272 g/mol. The largest absolute Gasteiger partial charge is 0.381 e. The van der Waals surface area contributed by atoms with Crippen LogP contribution >= 0.6 is 0 Å². The van der Waals surface area contributed by atoms with Crippen molar-refractivity contribution < 1.29 is 4.74 Å². The summed E-state index contributed by atoms with van der Waals surface area (Å²) in [7, 11) is 0. The Labute approximate surface area is 118 Å². The molecular weight excluding hydrogens is 252 g/mol. The van der Waals surface area contributed by atoms with Gasteiger partial charge in [0, 0.05) is 19.8 Å². The number of ether oxygens (including phenoxy) is 1. The standard InChI is InChI=1S/C16H20N2O2/c1-12-4-2-6-14-15(12)16(19)18(11-17-14)8-3-5-13-7-9-20-10-13/h2,4,6,11,13H,3,5,7-10H2,1H3. The number of aryl methyl sites for hydroxylation is 2. The summed E-state index contributed by atoms with van der Waals surface area (Å²) in [5.74, 6) is 0.667. The van der Waals surface area contributed by atoms with Crippen LogP contribution < -0.4 is 5.56 Å². The molecule has 0 bridgehead atoms. The summed E-state index contributed by atoms with van der Waals surface area (Å²) in [5, 5.41) is 0.749. The van der Waals surface area contributed by atoms with Crippen LogP contribution in [0.1, 0.15) is 24.8 Å². The van der Waals surface area contributed by atoms with Gasteiger partial charge in [-0.3, -0.25) is 9.36 Å². The van der Waals surface area contributed by atoms with Crippen molar-refractivity contribution in [2.45, 2.75) is 32.7 Å². The van der Waals surface area contributed by atoms with Crippen molar-refractivity contribution in [3.05, 3.63) is 40.4 Å². The third-order valence-electron chi connectivity index (χ3n) is 4.10. The van der Waals surface area contributed by atoms with Crippen LogP contribution in [0.4, 0.5) is 0 Å². The molecule has 1 aliphatic rings. The Balaban J connectivity index is 1.76. The molecule has 1 aromatic heterocycles. The summed E-state index contributed by atoms with van der Waals surface area (Å²) >= 11 is 0. The Hall–Kier alpha value is -1.68. The molecule has 2 heterocycles. The molecule has 20 heavy (non-hydrogen) atoms. The SMILES string of the molecule is Cc1cccc2ncn(CCCC3CCOC3)c(=O)c12. The van der Waals surface area contributed by atoms with Gasteiger partial charge in [-0.2, -0.15) is 0 Å². The molecule has 0 spiro atoms. The van der Waals surface area contributed by atoms with Gasteiger partial charge in [0.25, 0.3) is 5.56 Å². The van der Waals surface area contributed by atoms with E-state index >= 15 is 0 Å². The minimum atomic E-state index is 0.0794. The first-order valence-electron chi connectivity index (χ1n) is 7.28. The van der Waals surface area contributed by atoms with Crippen molar-refractivity contribution in [1.29, 1.82) is 0 Å². The van der Waals surface area contributed by atoms with Crippen LogP contribution in [0.5, 0.6) is 0 Å². The number of nitrogens with zero attached hydrogens (tertiary/aromatic N) is 2. The molecule has 106 valence electrons. The second-order valence-electron chi connectivity index (χ2n) is 5.58. The van der Waals surface area contributed by atoms with Gasteiger partial charge in [0.05, 0.1) is 17.2 Å². The molecule has 0 aliphatic carbocycles. The van der Waals surface area contributed by atoms with Crippen LogP contribution in [-0.4, -0.2) is 22.8 Å². The fourth-order valence-corrected chi connectivity index (χ4v) is 2.89. The summed E-state index contributed by atoms with van der Waals surface area (Å²) in [4.78, 5) is 16.9. The smallest absolute Gasteiger partial charge is 0.261 e. The Bertz CT molecular complexity index is 657. The van der Waals surface area contributed by atoms with Gasteiger partial charge < -0.3 is 4.74 Å². The summed E-state index contributed by atoms with van der Waals surface area (Å²) in [6.45, 7) is 4.48. The number of benzene rings is 1. The van der Waals surface area contributed by atoms with Crippen molar-refractivity contribution in [2.24, 2.45) is 5.92 Å². The average molecular weight is 272 g/mol. The van der Waals surface area contributed by atoms with Crippen LogP contribution in [-0.2, 0) is 11.3 Å². The maximum absolute atomic E-state index is 12.5. The lowest BCUT2D eigenvalue weighted by Crippen LogP contribution is -2.21. The topological polar surface area (TPSA) is 44.1 Å². The van der Waals surface area contributed by atoms with Gasteiger partial charge in [-0.1, -0.05) is 12.1 Å². The van der Waals surface area contributed by atoms with Gasteiger partial charge in [0.2, 0.25) is 0 Å². The Morgan fingerprint density at radius 3 is 3.15 bits per heavy atom. The van der Waals surface area contributed by atoms with Crippen LogP contribution in [0.2, 0.25) is 0 Å². The zero-order valence-corrected chi connectivity index (χ0v) is 11.8. The fourth-order valence-electron chi connectivity index (χ4n) is 2.89. The lowest BCUT2D eigenvalue weighted by atomic mass is 10.0. The highest BCUT2D eigenvalue weighted by molar-refractivity contribution is 5.80. The summed E-state index contributed by atoms with van der Waals surface area (Å²) in [6.07, 6.45) is 4.96. The molecule has 1 atom stereocenters. The van der Waals surface area contributed by atoms with Gasteiger partial charge in [0.15, 0.2) is 0 Å². The number of hydrogen-bond donors (Lipinski definition) is 0. The van der Waals surface area contributed by atoms with Crippen molar-refractivity contribution in [3.8, 4) is 0 Å². The van der Waals surface area contributed by atoms with Crippen LogP contribution in [0.25, 0.3) is 10.9 Å². The van der Waals surface area contributed by atoms with E-state index in [4.69, 9.17) is 4.74 Å². The molecule has 0 saturated carbocycles. The Kier molecular flexibility index (Phi) is 3.83. The molecule has 1 fully saturated rings. The van der Waals surface area contributed by atoms with Gasteiger partial charge >= 0.3 is 0 Å². The van der Waals surface area contributed by atoms with Crippen molar-refractivity contribution in [3.63, 3.8) is 0 Å². The predicted octanol–water partition coefficient (Wildman–Crippen LogP) is 2.52. The van der Waals surface area contributed by atoms with Gasteiger partial charge in [-0.05, 0) is 43.7 Å². The van der Waals surface area contributed by atoms with Crippen LogP contribution in [0, 0.1) is 12.8 Å². The molecule has 1 aromatic carbocycles. The molecule has 0 radical (unpaired) electrons. The Morgan fingerprint density at radius 1 is 1.45 bits per heavy atom. The van der Waals surface area contributed by atoms with Crippen molar-refractivity contribution >= 4 is 10.9 Å². The van der Waals surface area contributed by atoms with Gasteiger partial charge in [-0.25, -0.2) is 4.98 Å². The zero-order valence-electron chi connectivity index (χ0n) is 11.8. The Morgan fingerprint density at radius 2 is 2.35 bits per heavy atom. The van der Waals surface area contributed by atoms with Crippen molar-refractivity contribution in [2.75, 3.05) is 13.2 Å². The van der Waals surface area contributed by atoms with E-state index in [0.717, 1.165) is 55.5 Å². The third-order valence-corrected chi connectivity index (χ3v) is 4.10. The highest BCUT2D eigenvalue weighted by atomic mass is 16.5. The van der Waals surface area contributed by atoms with E-state index in [1.807, 2.05) is 25.1 Å². The average Bonchev–Trinajstić information content (AvgIpc) is 2.95. The molecule has 1 saturated heterocycles. The summed E-state index contributed by atoms with van der Waals surface area (Å²) in [6, 6.07) is 5.80. The fraction of sp³-hybridized carbons (Fsp3) is 0.500. The van der Waals surface area contributed by atoms with Crippen LogP contribution in [0.15, 0.2) is 29.3 Å². The highest BCUT2D eigenvalue weighted by Crippen LogP contribution is 2.18. The molecule has 4 heteroatoms. The third kappa shape index (κ3) is 2.61. The first-order chi connectivity index (χ1) is 9.75. The summed E-state index contributed by atoms with van der Waals surface area (Å²) in [5.41, 5.74) is 1.87. The lowest BCUT2D eigenvalue weighted by Gasteiger charge is -2.10. The van der Waals surface area contributed by atoms with E-state index in [-0.39, 0.29) is 5.56 Å². The summed E-state index contributed by atoms with van der Waals surface area (Å²) < 4.78 is 7.12. The first-order valence-corrected chi connectivity index (χ1v) is 7.28. The quantitative estimate of drug-likeness (QED) is 0.859. The molecular formula is C16H20N2O2. The molecule has 4 nitrogen and oxygen atoms in total. The maximum atomic E-state index is 12.5. The predicted molar refractivity (Wildman–Crippen MR) is 78.9 cm³/mol. The van der Waals surface area contributed by atoms with Gasteiger partial charge in [0.1, 0.15) is 0 Å². The van der Waals surface area contributed by atoms with E-state index < -0.39 is 0 Å². The van der Waals surface area contributed by atoms with E-state index in [9.17, 15) is 4.79 Å². The van der Waals surface area contributed by atoms with E-state index in [2.05, 4.69) is 4.98 Å². The number of hydrogen-bond acceptors (Lipinski definition) is 3. The molecule has 1 unspecified atom stereocenters. The number of fused-ring (bicyclic) bond motifs is 1.